The van der Waals surface area contributed by atoms with E-state index in [0.29, 0.717) is 5.56 Å². The Balaban J connectivity index is 1.56. The lowest BCUT2D eigenvalue weighted by molar-refractivity contribution is 0.0939. The predicted octanol–water partition coefficient (Wildman–Crippen LogP) is 4.32. The van der Waals surface area contributed by atoms with E-state index in [2.05, 4.69) is 27.3 Å². The minimum Gasteiger partial charge on any atom is -0.344 e. The first kappa shape index (κ1) is 18.1. The van der Waals surface area contributed by atoms with Gasteiger partial charge in [0.25, 0.3) is 5.91 Å². The molecule has 1 aliphatic rings. The van der Waals surface area contributed by atoms with Crippen LogP contribution in [0.2, 0.25) is 0 Å². The molecule has 0 bridgehead atoms. The van der Waals surface area contributed by atoms with E-state index in [4.69, 9.17) is 0 Å². The molecule has 1 saturated heterocycles. The lowest BCUT2D eigenvalue weighted by Crippen LogP contribution is -2.27. The van der Waals surface area contributed by atoms with Crippen molar-refractivity contribution in [1.82, 2.24) is 15.2 Å². The van der Waals surface area contributed by atoms with Crippen LogP contribution in [0.3, 0.4) is 0 Å². The van der Waals surface area contributed by atoms with Crippen LogP contribution < -0.4 is 5.32 Å². The van der Waals surface area contributed by atoms with Gasteiger partial charge < -0.3 is 5.32 Å². The first-order chi connectivity index (χ1) is 12.1. The molecule has 1 aromatic heterocycles. The highest BCUT2D eigenvalue weighted by molar-refractivity contribution is 7.09. The van der Waals surface area contributed by atoms with Crippen LogP contribution in [0.4, 0.5) is 0 Å². The number of hydrogen-bond acceptors (Lipinski definition) is 4. The van der Waals surface area contributed by atoms with Crippen molar-refractivity contribution < 1.29 is 4.79 Å². The summed E-state index contributed by atoms with van der Waals surface area (Å²) in [5, 5.41) is 6.06. The Labute approximate surface area is 154 Å². The number of likely N-dealkylation sites (tertiary alicyclic amines) is 1. The molecule has 2 aromatic rings. The number of hydrogen-bond donors (Lipinski definition) is 1. The molecule has 1 amide bonds. The van der Waals surface area contributed by atoms with Crippen LogP contribution in [0.1, 0.15) is 65.3 Å². The van der Waals surface area contributed by atoms with Crippen molar-refractivity contribution >= 4 is 17.2 Å². The van der Waals surface area contributed by atoms with Crippen molar-refractivity contribution in [3.63, 3.8) is 0 Å². The molecule has 0 aliphatic carbocycles. The topological polar surface area (TPSA) is 45.2 Å². The van der Waals surface area contributed by atoms with Crippen LogP contribution in [-0.4, -0.2) is 28.9 Å². The number of benzene rings is 1. The molecule has 1 atom stereocenters. The third-order valence-corrected chi connectivity index (χ3v) is 5.54. The van der Waals surface area contributed by atoms with Crippen molar-refractivity contribution in [3.05, 3.63) is 51.5 Å². The summed E-state index contributed by atoms with van der Waals surface area (Å²) >= 11 is 1.61. The van der Waals surface area contributed by atoms with Crippen LogP contribution in [-0.2, 0) is 6.54 Å². The molecule has 0 spiro atoms. The molecule has 0 saturated carbocycles. The summed E-state index contributed by atoms with van der Waals surface area (Å²) < 4.78 is 0. The Hall–Kier alpha value is -1.72. The normalized spacial score (nSPS) is 17.0. The zero-order valence-electron chi connectivity index (χ0n) is 15.1. The highest BCUT2D eigenvalue weighted by atomic mass is 32.1. The number of aryl methyl sites for hydroxylation is 1. The van der Waals surface area contributed by atoms with Gasteiger partial charge >= 0.3 is 0 Å². The Morgan fingerprint density at radius 1 is 1.20 bits per heavy atom. The van der Waals surface area contributed by atoms with E-state index in [1.54, 1.807) is 11.3 Å². The van der Waals surface area contributed by atoms with Gasteiger partial charge in [0.1, 0.15) is 0 Å². The van der Waals surface area contributed by atoms with Crippen LogP contribution in [0.15, 0.2) is 29.6 Å². The highest BCUT2D eigenvalue weighted by Gasteiger charge is 2.14. The molecule has 25 heavy (non-hydrogen) atoms. The highest BCUT2D eigenvalue weighted by Crippen LogP contribution is 2.17. The van der Waals surface area contributed by atoms with Crippen LogP contribution in [0.25, 0.3) is 0 Å². The third kappa shape index (κ3) is 5.13. The number of carbonyl (C=O) groups excluding carboxylic acids is 1. The Bertz CT molecular complexity index is 687. The van der Waals surface area contributed by atoms with E-state index in [-0.39, 0.29) is 11.9 Å². The fourth-order valence-corrected chi connectivity index (χ4v) is 3.95. The van der Waals surface area contributed by atoms with Gasteiger partial charge in [-0.1, -0.05) is 25.0 Å². The number of amides is 1. The summed E-state index contributed by atoms with van der Waals surface area (Å²) in [6.45, 7) is 7.31. The van der Waals surface area contributed by atoms with E-state index in [9.17, 15) is 4.79 Å². The number of nitrogens with zero attached hydrogens (tertiary/aromatic N) is 2. The second-order valence-corrected chi connectivity index (χ2v) is 7.94. The second kappa shape index (κ2) is 8.59. The summed E-state index contributed by atoms with van der Waals surface area (Å²) in [5.74, 6) is -0.0422. The molecule has 1 fully saturated rings. The average Bonchev–Trinajstić information content (AvgIpc) is 2.88. The van der Waals surface area contributed by atoms with Crippen LogP contribution in [0, 0.1) is 6.92 Å². The maximum absolute atomic E-state index is 12.4. The Kier molecular flexibility index (Phi) is 6.21. The van der Waals surface area contributed by atoms with Gasteiger partial charge in [0.2, 0.25) is 0 Å². The van der Waals surface area contributed by atoms with Crippen molar-refractivity contribution in [2.24, 2.45) is 0 Å². The maximum atomic E-state index is 12.4. The van der Waals surface area contributed by atoms with Gasteiger partial charge in [-0.25, -0.2) is 4.98 Å². The molecule has 1 aliphatic heterocycles. The first-order valence-electron chi connectivity index (χ1n) is 9.16. The monoisotopic (exact) mass is 357 g/mol. The Morgan fingerprint density at radius 2 is 1.88 bits per heavy atom. The number of aromatic nitrogens is 1. The van der Waals surface area contributed by atoms with Gasteiger partial charge in [-0.2, -0.15) is 0 Å². The fraction of sp³-hybridized carbons (Fsp3) is 0.500. The molecular weight excluding hydrogens is 330 g/mol. The summed E-state index contributed by atoms with van der Waals surface area (Å²) in [6, 6.07) is 7.95. The van der Waals surface area contributed by atoms with Crippen molar-refractivity contribution in [1.29, 1.82) is 0 Å². The van der Waals surface area contributed by atoms with Crippen LogP contribution >= 0.6 is 11.3 Å². The maximum Gasteiger partial charge on any atom is 0.251 e. The summed E-state index contributed by atoms with van der Waals surface area (Å²) in [7, 11) is 0. The van der Waals surface area contributed by atoms with E-state index < -0.39 is 0 Å². The van der Waals surface area contributed by atoms with Gasteiger partial charge in [-0.3, -0.25) is 9.69 Å². The number of rotatable bonds is 5. The van der Waals surface area contributed by atoms with Crippen molar-refractivity contribution in [2.75, 3.05) is 13.1 Å². The molecule has 5 heteroatoms. The number of carbonyl (C=O) groups is 1. The first-order valence-corrected chi connectivity index (χ1v) is 10.0. The summed E-state index contributed by atoms with van der Waals surface area (Å²) in [5.41, 5.74) is 2.91. The van der Waals surface area contributed by atoms with Gasteiger partial charge in [-0.15, -0.1) is 11.3 Å². The van der Waals surface area contributed by atoms with Gasteiger partial charge in [-0.05, 0) is 57.5 Å². The Morgan fingerprint density at radius 3 is 2.48 bits per heavy atom. The fourth-order valence-electron chi connectivity index (χ4n) is 3.25. The quantitative estimate of drug-likeness (QED) is 0.867. The molecule has 2 heterocycles. The summed E-state index contributed by atoms with van der Waals surface area (Å²) in [6.07, 6.45) is 5.31. The lowest BCUT2D eigenvalue weighted by atomic mass is 10.1. The zero-order valence-corrected chi connectivity index (χ0v) is 15.9. The summed E-state index contributed by atoms with van der Waals surface area (Å²) in [4.78, 5) is 19.4. The van der Waals surface area contributed by atoms with E-state index in [1.165, 1.54) is 44.3 Å². The van der Waals surface area contributed by atoms with Crippen molar-refractivity contribution in [3.8, 4) is 0 Å². The van der Waals surface area contributed by atoms with E-state index >= 15 is 0 Å². The van der Waals surface area contributed by atoms with Gasteiger partial charge in [0, 0.05) is 17.5 Å². The average molecular weight is 358 g/mol. The molecule has 0 unspecified atom stereocenters. The molecule has 3 rings (SSSR count). The minimum absolute atomic E-state index is 0.0422. The molecular formula is C20H27N3OS. The molecule has 1 N–H and O–H groups in total. The zero-order chi connectivity index (χ0) is 17.6. The van der Waals surface area contributed by atoms with Crippen molar-refractivity contribution in [2.45, 2.75) is 52.1 Å². The smallest absolute Gasteiger partial charge is 0.251 e. The number of nitrogens with one attached hydrogen (secondary N) is 1. The second-order valence-electron chi connectivity index (χ2n) is 6.87. The molecule has 134 valence electrons. The van der Waals surface area contributed by atoms with E-state index in [1.807, 2.05) is 31.4 Å². The molecule has 1 aromatic carbocycles. The number of thiazole rings is 1. The molecule has 4 nitrogen and oxygen atoms in total. The van der Waals surface area contributed by atoms with Crippen LogP contribution in [0.5, 0.6) is 0 Å². The van der Waals surface area contributed by atoms with Gasteiger partial charge in [0.15, 0.2) is 0 Å². The third-order valence-electron chi connectivity index (χ3n) is 4.75. The van der Waals surface area contributed by atoms with Gasteiger partial charge in [0.05, 0.1) is 16.7 Å². The largest absolute Gasteiger partial charge is 0.344 e. The SMILES string of the molecule is Cc1nc([C@@H](C)NC(=O)c2ccc(CN3CCCCCC3)cc2)cs1. The lowest BCUT2D eigenvalue weighted by Gasteiger charge is -2.19. The standard InChI is InChI=1S/C20H27N3OS/c1-15(19-14-25-16(2)22-19)21-20(24)18-9-7-17(8-10-18)13-23-11-5-3-4-6-12-23/h7-10,14-15H,3-6,11-13H2,1-2H3,(H,21,24)/t15-/m1/s1. The van der Waals surface area contributed by atoms with E-state index in [0.717, 1.165) is 17.2 Å². The predicted molar refractivity (Wildman–Crippen MR) is 103 cm³/mol. The molecule has 0 radical (unpaired) electrons. The minimum atomic E-state index is -0.0748.